The highest BCUT2D eigenvalue weighted by Gasteiger charge is 2.14. The van der Waals surface area contributed by atoms with Crippen LogP contribution in [0.2, 0.25) is 0 Å². The van der Waals surface area contributed by atoms with Crippen LogP contribution < -0.4 is 4.72 Å². The Morgan fingerprint density at radius 1 is 1.31 bits per heavy atom. The van der Waals surface area contributed by atoms with Crippen LogP contribution in [0.1, 0.15) is 18.9 Å². The Kier molecular flexibility index (Phi) is 4.95. The molecule has 0 bridgehead atoms. The summed E-state index contributed by atoms with van der Waals surface area (Å²) in [5.41, 5.74) is 1.05. The molecule has 0 amide bonds. The monoisotopic (exact) mass is 305 g/mol. The van der Waals surface area contributed by atoms with Gasteiger partial charge in [0, 0.05) is 11.4 Å². The van der Waals surface area contributed by atoms with Gasteiger partial charge in [0.15, 0.2) is 0 Å². The smallest absolute Gasteiger partial charge is 0.210 e. The second-order valence-electron chi connectivity index (χ2n) is 3.67. The number of halogens is 1. The normalized spacial score (nSPS) is 13.7. The van der Waals surface area contributed by atoms with E-state index in [9.17, 15) is 8.42 Å². The molecular formula is C11H16BrNO2S. The summed E-state index contributed by atoms with van der Waals surface area (Å²) in [6, 6.07) is 6.82. The van der Waals surface area contributed by atoms with E-state index in [1.54, 1.807) is 24.3 Å². The van der Waals surface area contributed by atoms with Crippen LogP contribution in [0.5, 0.6) is 0 Å². The predicted molar refractivity (Wildman–Crippen MR) is 69.4 cm³/mol. The fourth-order valence-electron chi connectivity index (χ4n) is 1.15. The molecule has 0 heterocycles. The van der Waals surface area contributed by atoms with Gasteiger partial charge in [0.2, 0.25) is 10.0 Å². The Labute approximate surface area is 105 Å². The lowest BCUT2D eigenvalue weighted by atomic mass is 10.2. The highest BCUT2D eigenvalue weighted by Crippen LogP contribution is 2.11. The predicted octanol–water partition coefficient (Wildman–Crippen LogP) is 2.45. The van der Waals surface area contributed by atoms with E-state index in [1.165, 1.54) is 0 Å². The number of rotatable bonds is 5. The highest BCUT2D eigenvalue weighted by atomic mass is 79.9. The topological polar surface area (TPSA) is 46.2 Å². The van der Waals surface area contributed by atoms with Gasteiger partial charge in [0.05, 0.1) is 4.90 Å². The van der Waals surface area contributed by atoms with E-state index in [4.69, 9.17) is 0 Å². The van der Waals surface area contributed by atoms with Gasteiger partial charge < -0.3 is 0 Å². The zero-order valence-corrected chi connectivity index (χ0v) is 11.8. The third kappa shape index (κ3) is 3.88. The summed E-state index contributed by atoms with van der Waals surface area (Å²) in [5, 5.41) is 0. The second-order valence-corrected chi connectivity index (χ2v) is 6.73. The van der Waals surface area contributed by atoms with Crippen molar-refractivity contribution < 1.29 is 8.42 Å². The van der Waals surface area contributed by atoms with Gasteiger partial charge in [-0.1, -0.05) is 40.5 Å². The van der Waals surface area contributed by atoms with Gasteiger partial charge in [0.1, 0.15) is 0 Å². The van der Waals surface area contributed by atoms with Crippen molar-refractivity contribution in [3.63, 3.8) is 0 Å². The molecule has 0 saturated carbocycles. The fraction of sp³-hybridized carbons (Fsp3) is 0.455. The Hall–Kier alpha value is -0.390. The summed E-state index contributed by atoms with van der Waals surface area (Å²) in [7, 11) is -3.36. The van der Waals surface area contributed by atoms with Crippen LogP contribution in [-0.4, -0.2) is 19.8 Å². The van der Waals surface area contributed by atoms with Gasteiger partial charge in [-0.05, 0) is 25.5 Å². The molecule has 0 fully saturated rings. The molecule has 0 aliphatic carbocycles. The van der Waals surface area contributed by atoms with Crippen molar-refractivity contribution in [1.29, 1.82) is 0 Å². The van der Waals surface area contributed by atoms with E-state index in [1.807, 2.05) is 13.8 Å². The average Bonchev–Trinajstić information content (AvgIpc) is 2.26. The van der Waals surface area contributed by atoms with E-state index in [0.717, 1.165) is 12.0 Å². The number of hydrogen-bond acceptors (Lipinski definition) is 2. The quantitative estimate of drug-likeness (QED) is 0.849. The molecule has 0 saturated heterocycles. The number of aryl methyl sites for hydroxylation is 1. The van der Waals surface area contributed by atoms with E-state index < -0.39 is 10.0 Å². The van der Waals surface area contributed by atoms with Gasteiger partial charge in [0.25, 0.3) is 0 Å². The first-order valence-electron chi connectivity index (χ1n) is 5.16. The zero-order chi connectivity index (χ0) is 12.2. The average molecular weight is 306 g/mol. The molecule has 1 aromatic rings. The molecule has 0 aromatic heterocycles. The molecule has 5 heteroatoms. The molecule has 0 spiro atoms. The second kappa shape index (κ2) is 5.80. The van der Waals surface area contributed by atoms with Crippen LogP contribution >= 0.6 is 15.9 Å². The lowest BCUT2D eigenvalue weighted by Gasteiger charge is -2.09. The molecule has 3 nitrogen and oxygen atoms in total. The molecule has 1 rings (SSSR count). The number of alkyl halides is 1. The van der Waals surface area contributed by atoms with Crippen molar-refractivity contribution in [1.82, 2.24) is 4.72 Å². The minimum atomic E-state index is -3.36. The zero-order valence-electron chi connectivity index (χ0n) is 9.40. The maximum Gasteiger partial charge on any atom is 0.240 e. The maximum atomic E-state index is 11.8. The lowest BCUT2D eigenvalue weighted by Crippen LogP contribution is -2.29. The van der Waals surface area contributed by atoms with E-state index in [0.29, 0.717) is 11.4 Å². The summed E-state index contributed by atoms with van der Waals surface area (Å²) in [6.07, 6.45) is 0.885. The Morgan fingerprint density at radius 3 is 2.38 bits per heavy atom. The van der Waals surface area contributed by atoms with Crippen molar-refractivity contribution in [3.8, 4) is 0 Å². The van der Waals surface area contributed by atoms with E-state index >= 15 is 0 Å². The molecule has 0 aliphatic heterocycles. The lowest BCUT2D eigenvalue weighted by molar-refractivity contribution is 0.580. The molecule has 1 N–H and O–H groups in total. The number of hydrogen-bond donors (Lipinski definition) is 1. The maximum absolute atomic E-state index is 11.8. The van der Waals surface area contributed by atoms with Gasteiger partial charge in [-0.25, -0.2) is 13.1 Å². The summed E-state index contributed by atoms with van der Waals surface area (Å²) in [6.45, 7) is 4.34. The van der Waals surface area contributed by atoms with Crippen LogP contribution in [0.4, 0.5) is 0 Å². The van der Waals surface area contributed by atoms with E-state index in [2.05, 4.69) is 20.7 Å². The first-order valence-corrected chi connectivity index (χ1v) is 7.56. The number of benzene rings is 1. The highest BCUT2D eigenvalue weighted by molar-refractivity contribution is 9.09. The standard InChI is InChI=1S/C11H16BrNO2S/c1-3-10(12)8-13-16(14,15)11-6-4-9(2)5-7-11/h4-7,10,13H,3,8H2,1-2H3. The largest absolute Gasteiger partial charge is 0.240 e. The van der Waals surface area contributed by atoms with Crippen LogP contribution in [-0.2, 0) is 10.0 Å². The van der Waals surface area contributed by atoms with Crippen LogP contribution in [0, 0.1) is 6.92 Å². The molecule has 1 atom stereocenters. The Balaban J connectivity index is 2.74. The molecule has 1 unspecified atom stereocenters. The molecule has 90 valence electrons. The first-order chi connectivity index (χ1) is 7.45. The molecule has 0 radical (unpaired) electrons. The molecule has 1 aromatic carbocycles. The Morgan fingerprint density at radius 2 is 1.88 bits per heavy atom. The van der Waals surface area contributed by atoms with Gasteiger partial charge in [-0.2, -0.15) is 0 Å². The van der Waals surface area contributed by atoms with Crippen molar-refractivity contribution in [2.45, 2.75) is 30.0 Å². The molecule has 16 heavy (non-hydrogen) atoms. The van der Waals surface area contributed by atoms with E-state index in [-0.39, 0.29) is 4.83 Å². The van der Waals surface area contributed by atoms with Gasteiger partial charge in [-0.3, -0.25) is 0 Å². The Bertz CT molecular complexity index is 428. The van der Waals surface area contributed by atoms with Crippen molar-refractivity contribution >= 4 is 26.0 Å². The first kappa shape index (κ1) is 13.7. The number of sulfonamides is 1. The third-order valence-electron chi connectivity index (χ3n) is 2.27. The SMILES string of the molecule is CCC(Br)CNS(=O)(=O)c1ccc(C)cc1. The minimum absolute atomic E-state index is 0.174. The molecule has 0 aliphatic rings. The minimum Gasteiger partial charge on any atom is -0.210 e. The van der Waals surface area contributed by atoms with Crippen molar-refractivity contribution in [2.75, 3.05) is 6.54 Å². The third-order valence-corrected chi connectivity index (χ3v) is 4.68. The summed E-state index contributed by atoms with van der Waals surface area (Å²) >= 11 is 3.39. The van der Waals surface area contributed by atoms with Crippen molar-refractivity contribution in [3.05, 3.63) is 29.8 Å². The van der Waals surface area contributed by atoms with Gasteiger partial charge >= 0.3 is 0 Å². The van der Waals surface area contributed by atoms with Crippen molar-refractivity contribution in [2.24, 2.45) is 0 Å². The van der Waals surface area contributed by atoms with Crippen LogP contribution in [0.25, 0.3) is 0 Å². The van der Waals surface area contributed by atoms with Crippen LogP contribution in [0.3, 0.4) is 0 Å². The fourth-order valence-corrected chi connectivity index (χ4v) is 2.60. The number of nitrogens with one attached hydrogen (secondary N) is 1. The van der Waals surface area contributed by atoms with Gasteiger partial charge in [-0.15, -0.1) is 0 Å². The van der Waals surface area contributed by atoms with Crippen LogP contribution in [0.15, 0.2) is 29.2 Å². The molecular weight excluding hydrogens is 290 g/mol. The summed E-state index contributed by atoms with van der Waals surface area (Å²) in [5.74, 6) is 0. The summed E-state index contributed by atoms with van der Waals surface area (Å²) < 4.78 is 26.2. The summed E-state index contributed by atoms with van der Waals surface area (Å²) in [4.78, 5) is 0.488.